The maximum absolute atomic E-state index is 12.5. The molecule has 2 saturated heterocycles. The van der Waals surface area contributed by atoms with Crippen molar-refractivity contribution in [2.24, 2.45) is 0 Å². The lowest BCUT2D eigenvalue weighted by Gasteiger charge is -2.15. The molecule has 242 valence electrons. The van der Waals surface area contributed by atoms with Gasteiger partial charge in [0, 0.05) is 21.8 Å². The Morgan fingerprint density at radius 1 is 0.935 bits per heavy atom. The molecule has 0 unspecified atom stereocenters. The lowest BCUT2D eigenvalue weighted by Crippen LogP contribution is -2.37. The molecule has 4 N–H and O–H groups in total. The third-order valence-corrected chi connectivity index (χ3v) is 10.5. The summed E-state index contributed by atoms with van der Waals surface area (Å²) >= 11 is 1.77. The number of nitrogens with one attached hydrogen (secondary N) is 2. The summed E-state index contributed by atoms with van der Waals surface area (Å²) in [5, 5.41) is 18.9. The molecule has 11 nitrogen and oxygen atoms in total. The van der Waals surface area contributed by atoms with Crippen molar-refractivity contribution in [3.63, 3.8) is 0 Å². The Morgan fingerprint density at radius 3 is 2.24 bits per heavy atom. The molecule has 13 heteroatoms. The third kappa shape index (κ3) is 8.69. The largest absolute Gasteiger partial charge is 0.492 e. The number of carboxylic acids is 2. The van der Waals surface area contributed by atoms with Gasteiger partial charge in [-0.1, -0.05) is 42.5 Å². The summed E-state index contributed by atoms with van der Waals surface area (Å²) in [6.07, 6.45) is 3.67. The van der Waals surface area contributed by atoms with Gasteiger partial charge in [-0.15, -0.1) is 11.3 Å². The van der Waals surface area contributed by atoms with Crippen molar-refractivity contribution in [2.75, 3.05) is 37.3 Å². The van der Waals surface area contributed by atoms with Crippen molar-refractivity contribution in [1.29, 1.82) is 0 Å². The maximum atomic E-state index is 12.5. The number of carbonyl (C=O) groups is 3. The minimum atomic E-state index is -3.35. The fourth-order valence-electron chi connectivity index (χ4n) is 5.44. The number of carbonyl (C=O) groups excluding carboxylic acids is 1. The van der Waals surface area contributed by atoms with Crippen LogP contribution in [-0.2, 0) is 30.8 Å². The van der Waals surface area contributed by atoms with E-state index in [1.54, 1.807) is 11.3 Å². The van der Waals surface area contributed by atoms with Crippen LogP contribution in [0.15, 0.2) is 72.8 Å². The van der Waals surface area contributed by atoms with Crippen molar-refractivity contribution >= 4 is 55.0 Å². The molecule has 2 aliphatic heterocycles. The van der Waals surface area contributed by atoms with Gasteiger partial charge in [0.1, 0.15) is 18.4 Å². The molecule has 0 aliphatic carbocycles. The molecule has 1 amide bonds. The number of ether oxygens (including phenoxy) is 1. The van der Waals surface area contributed by atoms with E-state index in [9.17, 15) is 13.2 Å². The number of hydrogen-bond acceptors (Lipinski definition) is 8. The number of amides is 1. The van der Waals surface area contributed by atoms with E-state index in [0.29, 0.717) is 12.3 Å². The predicted octanol–water partition coefficient (Wildman–Crippen LogP) is 4.42. The monoisotopic (exact) mass is 665 g/mol. The van der Waals surface area contributed by atoms with E-state index in [1.165, 1.54) is 52.0 Å². The van der Waals surface area contributed by atoms with E-state index in [0.717, 1.165) is 24.3 Å². The zero-order chi connectivity index (χ0) is 32.7. The second-order valence-corrected chi connectivity index (χ2v) is 14.0. The first-order chi connectivity index (χ1) is 22.1. The van der Waals surface area contributed by atoms with Gasteiger partial charge in [0.25, 0.3) is 0 Å². The number of sulfonamides is 1. The van der Waals surface area contributed by atoms with Crippen LogP contribution < -0.4 is 14.8 Å². The molecule has 3 aromatic carbocycles. The minimum absolute atomic E-state index is 0.0206. The summed E-state index contributed by atoms with van der Waals surface area (Å²) in [4.78, 5) is 34.4. The molecule has 2 fully saturated rings. The summed E-state index contributed by atoms with van der Waals surface area (Å²) < 4.78 is 32.9. The third-order valence-electron chi connectivity index (χ3n) is 7.79. The topological polar surface area (TPSA) is 162 Å². The molecule has 4 aromatic rings. The van der Waals surface area contributed by atoms with Crippen molar-refractivity contribution < 1.29 is 37.8 Å². The number of benzene rings is 3. The van der Waals surface area contributed by atoms with Gasteiger partial charge in [0.15, 0.2) is 0 Å². The Balaban J connectivity index is 0.000000635. The van der Waals surface area contributed by atoms with Crippen LogP contribution in [0, 0.1) is 0 Å². The number of likely N-dealkylation sites (tertiary alicyclic amines) is 1. The van der Waals surface area contributed by atoms with Crippen LogP contribution in [0.25, 0.3) is 20.5 Å². The molecule has 6 rings (SSSR count). The highest BCUT2D eigenvalue weighted by molar-refractivity contribution is 7.89. The van der Waals surface area contributed by atoms with E-state index >= 15 is 0 Å². The highest BCUT2D eigenvalue weighted by atomic mass is 32.2. The number of rotatable bonds is 9. The molecule has 0 radical (unpaired) electrons. The van der Waals surface area contributed by atoms with Gasteiger partial charge in [0.05, 0.1) is 5.75 Å². The van der Waals surface area contributed by atoms with E-state index < -0.39 is 28.0 Å². The highest BCUT2D eigenvalue weighted by Crippen LogP contribution is 2.40. The van der Waals surface area contributed by atoms with E-state index in [-0.39, 0.29) is 18.1 Å². The van der Waals surface area contributed by atoms with Crippen LogP contribution >= 0.6 is 11.3 Å². The number of thiophene rings is 1. The van der Waals surface area contributed by atoms with Crippen molar-refractivity contribution in [2.45, 2.75) is 31.7 Å². The maximum Gasteiger partial charge on any atom is 0.414 e. The molecule has 1 atom stereocenters. The number of aliphatic carboxylic acids is 2. The first-order valence-electron chi connectivity index (χ1n) is 14.9. The Bertz CT molecular complexity index is 1790. The van der Waals surface area contributed by atoms with E-state index in [4.69, 9.17) is 24.5 Å². The Labute approximate surface area is 270 Å². The van der Waals surface area contributed by atoms with Crippen LogP contribution in [-0.4, -0.2) is 79.4 Å². The SMILES string of the molecule is O=C(Nc1ccc(-c2sc3ccccc3c2Cc2ccc(OCCN3CCCC3)cc2)cc1)[C@H]1CCS(=O)(=O)N1.O=C(O)C(=O)O. The molecule has 1 aromatic heterocycles. The quantitative estimate of drug-likeness (QED) is 0.190. The minimum Gasteiger partial charge on any atom is -0.492 e. The number of nitrogens with zero attached hydrogens (tertiary/aromatic N) is 1. The van der Waals surface area contributed by atoms with Crippen molar-refractivity contribution in [3.05, 3.63) is 83.9 Å². The zero-order valence-corrected chi connectivity index (χ0v) is 26.6. The van der Waals surface area contributed by atoms with Gasteiger partial charge in [-0.2, -0.15) is 0 Å². The first-order valence-corrected chi connectivity index (χ1v) is 17.4. The van der Waals surface area contributed by atoms with Gasteiger partial charge in [-0.05, 0) is 91.2 Å². The molecule has 46 heavy (non-hydrogen) atoms. The average molecular weight is 666 g/mol. The number of carboxylic acid groups (broad SMARTS) is 2. The highest BCUT2D eigenvalue weighted by Gasteiger charge is 2.32. The van der Waals surface area contributed by atoms with Crippen LogP contribution in [0.5, 0.6) is 5.75 Å². The normalized spacial score (nSPS) is 17.3. The van der Waals surface area contributed by atoms with Gasteiger partial charge in [0.2, 0.25) is 15.9 Å². The summed E-state index contributed by atoms with van der Waals surface area (Å²) in [5.41, 5.74) is 4.22. The predicted molar refractivity (Wildman–Crippen MR) is 177 cm³/mol. The van der Waals surface area contributed by atoms with Crippen LogP contribution in [0.2, 0.25) is 0 Å². The van der Waals surface area contributed by atoms with E-state index in [2.05, 4.69) is 63.5 Å². The summed E-state index contributed by atoms with van der Waals surface area (Å²) in [5.74, 6) is -3.10. The van der Waals surface area contributed by atoms with Gasteiger partial charge in [-0.3, -0.25) is 9.69 Å². The molecule has 0 bridgehead atoms. The number of fused-ring (bicyclic) bond motifs is 1. The Kier molecular flexibility index (Phi) is 10.7. The van der Waals surface area contributed by atoms with Gasteiger partial charge < -0.3 is 20.3 Å². The molecular formula is C33H35N3O8S2. The smallest absolute Gasteiger partial charge is 0.414 e. The first kappa shape index (κ1) is 33.1. The van der Waals surface area contributed by atoms with Crippen LogP contribution in [0.1, 0.15) is 30.4 Å². The van der Waals surface area contributed by atoms with E-state index in [1.807, 2.05) is 24.3 Å². The standard InChI is InChI=1S/C31H33N3O4S2.C2H2O4/c35-31(28-15-20-40(36,37)33-28)32-24-11-9-23(10-12-24)30-27(26-5-1-2-6-29(26)39-30)21-22-7-13-25(14-8-22)38-19-18-34-16-3-4-17-34;3-1(4)2(5)6/h1-2,5-14,28,33H,3-4,15-21H2,(H,32,35);(H,3,4)(H,5,6)/t28-;/m1./s1. The molecular weight excluding hydrogens is 631 g/mol. The second kappa shape index (κ2) is 14.9. The van der Waals surface area contributed by atoms with Crippen LogP contribution in [0.4, 0.5) is 5.69 Å². The van der Waals surface area contributed by atoms with Crippen molar-refractivity contribution in [1.82, 2.24) is 9.62 Å². The number of hydrogen-bond donors (Lipinski definition) is 4. The Hall–Kier alpha value is -4.30. The lowest BCUT2D eigenvalue weighted by atomic mass is 9.99. The van der Waals surface area contributed by atoms with Gasteiger partial charge in [-0.25, -0.2) is 22.7 Å². The fourth-order valence-corrected chi connectivity index (χ4v) is 7.99. The second-order valence-electron chi connectivity index (χ2n) is 11.1. The zero-order valence-electron chi connectivity index (χ0n) is 25.0. The van der Waals surface area contributed by atoms with Crippen LogP contribution in [0.3, 0.4) is 0 Å². The fraction of sp³-hybridized carbons (Fsp3) is 0.303. The number of anilines is 1. The van der Waals surface area contributed by atoms with Gasteiger partial charge >= 0.3 is 11.9 Å². The summed E-state index contributed by atoms with van der Waals surface area (Å²) in [7, 11) is -3.35. The molecule has 0 spiro atoms. The summed E-state index contributed by atoms with van der Waals surface area (Å²) in [6.45, 7) is 4.06. The van der Waals surface area contributed by atoms with Crippen molar-refractivity contribution in [3.8, 4) is 16.2 Å². The lowest BCUT2D eigenvalue weighted by molar-refractivity contribution is -0.159. The molecule has 2 aliphatic rings. The molecule has 0 saturated carbocycles. The summed E-state index contributed by atoms with van der Waals surface area (Å²) in [6, 6.07) is 24.0. The molecule has 3 heterocycles. The Morgan fingerprint density at radius 2 is 1.61 bits per heavy atom. The average Bonchev–Trinajstić information content (AvgIpc) is 3.78.